The van der Waals surface area contributed by atoms with Gasteiger partial charge in [0.1, 0.15) is 4.87 Å². The van der Waals surface area contributed by atoms with Gasteiger partial charge in [-0.25, -0.2) is 0 Å². The van der Waals surface area contributed by atoms with Gasteiger partial charge in [-0.1, -0.05) is 33.1 Å². The van der Waals surface area contributed by atoms with Crippen molar-refractivity contribution >= 4 is 28.4 Å². The van der Waals surface area contributed by atoms with E-state index in [1.165, 1.54) is 0 Å². The van der Waals surface area contributed by atoms with E-state index in [-0.39, 0.29) is 0 Å². The van der Waals surface area contributed by atoms with Gasteiger partial charge in [0.25, 0.3) is 0 Å². The van der Waals surface area contributed by atoms with Crippen molar-refractivity contribution in [1.82, 2.24) is 0 Å². The van der Waals surface area contributed by atoms with Crippen LogP contribution in [0.2, 0.25) is 0 Å². The Hall–Kier alpha value is 0.250. The van der Waals surface area contributed by atoms with Crippen molar-refractivity contribution in [2.75, 3.05) is 0 Å². The number of halogens is 2. The summed E-state index contributed by atoms with van der Waals surface area (Å²) in [4.78, 5) is 10.2. The number of carbonyl (C=O) groups is 1. The van der Waals surface area contributed by atoms with Gasteiger partial charge in [0.2, 0.25) is 5.24 Å². The second kappa shape index (κ2) is 5.82. The van der Waals surface area contributed by atoms with Crippen molar-refractivity contribution in [2.45, 2.75) is 50.8 Å². The number of rotatable bonds is 6. The maximum atomic E-state index is 11.0. The quantitative estimate of drug-likeness (QED) is 0.483. The van der Waals surface area contributed by atoms with E-state index in [1.54, 1.807) is 0 Å². The normalized spacial score (nSPS) is 15.7. The molecule has 72 valence electrons. The van der Waals surface area contributed by atoms with Crippen LogP contribution < -0.4 is 0 Å². The fourth-order valence-corrected chi connectivity index (χ4v) is 1.69. The van der Waals surface area contributed by atoms with Gasteiger partial charge >= 0.3 is 0 Å². The van der Waals surface area contributed by atoms with Crippen molar-refractivity contribution in [2.24, 2.45) is 0 Å². The predicted molar refractivity (Wildman–Crippen MR) is 53.9 cm³/mol. The first-order valence-electron chi connectivity index (χ1n) is 4.45. The van der Waals surface area contributed by atoms with E-state index in [0.717, 1.165) is 19.3 Å². The van der Waals surface area contributed by atoms with Crippen LogP contribution in [0.15, 0.2) is 0 Å². The summed E-state index contributed by atoms with van der Waals surface area (Å²) >= 11 is 11.5. The second-order valence-corrected chi connectivity index (χ2v) is 4.16. The second-order valence-electron chi connectivity index (χ2n) is 3.09. The van der Waals surface area contributed by atoms with Crippen LogP contribution in [0, 0.1) is 0 Å². The molecule has 0 saturated carbocycles. The molecule has 0 N–H and O–H groups in total. The first-order valence-corrected chi connectivity index (χ1v) is 5.21. The van der Waals surface area contributed by atoms with Crippen LogP contribution >= 0.6 is 23.2 Å². The van der Waals surface area contributed by atoms with Crippen LogP contribution in [0.4, 0.5) is 0 Å². The predicted octanol–water partition coefficient (Wildman–Crippen LogP) is 3.72. The van der Waals surface area contributed by atoms with Crippen LogP contribution in [0.1, 0.15) is 46.0 Å². The summed E-state index contributed by atoms with van der Waals surface area (Å²) < 4.78 is 0. The Labute approximate surface area is 84.4 Å². The Morgan fingerprint density at radius 3 is 2.17 bits per heavy atom. The Morgan fingerprint density at radius 1 is 1.25 bits per heavy atom. The molecule has 0 rings (SSSR count). The zero-order valence-electron chi connectivity index (χ0n) is 7.70. The number of unbranched alkanes of at least 4 members (excludes halogenated alkanes) is 1. The molecule has 0 spiro atoms. The third-order valence-corrected chi connectivity index (χ3v) is 2.93. The minimum atomic E-state index is -0.799. The van der Waals surface area contributed by atoms with Crippen LogP contribution in [0.25, 0.3) is 0 Å². The number of hydrogen-bond acceptors (Lipinski definition) is 1. The molecule has 0 aromatic carbocycles. The Balaban J connectivity index is 4.08. The fraction of sp³-hybridized carbons (Fsp3) is 0.889. The number of carbonyl (C=O) groups excluding carboxylic acids is 1. The van der Waals surface area contributed by atoms with Gasteiger partial charge in [-0.15, -0.1) is 11.6 Å². The van der Waals surface area contributed by atoms with Crippen LogP contribution in [-0.4, -0.2) is 10.1 Å². The van der Waals surface area contributed by atoms with Crippen LogP contribution in [0.3, 0.4) is 0 Å². The van der Waals surface area contributed by atoms with Gasteiger partial charge in [0.05, 0.1) is 0 Å². The largest absolute Gasteiger partial charge is 0.279 e. The monoisotopic (exact) mass is 210 g/mol. The molecule has 3 heteroatoms. The van der Waals surface area contributed by atoms with E-state index in [2.05, 4.69) is 6.92 Å². The van der Waals surface area contributed by atoms with E-state index < -0.39 is 10.1 Å². The van der Waals surface area contributed by atoms with Gasteiger partial charge in [0.15, 0.2) is 0 Å². The molecule has 0 saturated heterocycles. The summed E-state index contributed by atoms with van der Waals surface area (Å²) in [6.45, 7) is 4.07. The van der Waals surface area contributed by atoms with Crippen LogP contribution in [-0.2, 0) is 4.79 Å². The van der Waals surface area contributed by atoms with Gasteiger partial charge in [0, 0.05) is 0 Å². The molecule has 1 atom stereocenters. The van der Waals surface area contributed by atoms with Gasteiger partial charge in [-0.05, 0) is 24.4 Å². The third kappa shape index (κ3) is 3.77. The van der Waals surface area contributed by atoms with Gasteiger partial charge < -0.3 is 0 Å². The smallest absolute Gasteiger partial charge is 0.242 e. The molecule has 0 aliphatic rings. The minimum absolute atomic E-state index is 0.403. The summed E-state index contributed by atoms with van der Waals surface area (Å²) in [6, 6.07) is 0. The summed E-state index contributed by atoms with van der Waals surface area (Å²) in [7, 11) is 0. The molecule has 0 fully saturated rings. The standard InChI is InChI=1S/C9H16Cl2O/c1-3-5-7-9(11,6-4-2)8(10)12/h3-7H2,1-2H3. The topological polar surface area (TPSA) is 17.1 Å². The lowest BCUT2D eigenvalue weighted by Gasteiger charge is -2.21. The van der Waals surface area contributed by atoms with Crippen molar-refractivity contribution in [1.29, 1.82) is 0 Å². The number of alkyl halides is 1. The molecule has 0 aliphatic carbocycles. The zero-order chi connectivity index (χ0) is 9.61. The van der Waals surface area contributed by atoms with E-state index in [1.807, 2.05) is 6.92 Å². The van der Waals surface area contributed by atoms with Crippen molar-refractivity contribution < 1.29 is 4.79 Å². The van der Waals surface area contributed by atoms with Gasteiger partial charge in [-0.3, -0.25) is 4.79 Å². The average Bonchev–Trinajstić information content (AvgIpc) is 2.01. The Bertz CT molecular complexity index is 147. The lowest BCUT2D eigenvalue weighted by atomic mass is 9.97. The summed E-state index contributed by atoms with van der Waals surface area (Å²) in [6.07, 6.45) is 4.27. The maximum absolute atomic E-state index is 11.0. The average molecular weight is 211 g/mol. The maximum Gasteiger partial charge on any atom is 0.242 e. The molecule has 0 aliphatic heterocycles. The molecule has 1 unspecified atom stereocenters. The highest BCUT2D eigenvalue weighted by Gasteiger charge is 2.32. The number of hydrogen-bond donors (Lipinski definition) is 0. The van der Waals surface area contributed by atoms with E-state index in [0.29, 0.717) is 12.8 Å². The first-order chi connectivity index (χ1) is 5.56. The highest BCUT2D eigenvalue weighted by molar-refractivity contribution is 6.70. The molecule has 0 aromatic heterocycles. The molecular weight excluding hydrogens is 195 g/mol. The van der Waals surface area contributed by atoms with Crippen molar-refractivity contribution in [3.8, 4) is 0 Å². The van der Waals surface area contributed by atoms with Crippen molar-refractivity contribution in [3.05, 3.63) is 0 Å². The zero-order valence-corrected chi connectivity index (χ0v) is 9.21. The summed E-state index contributed by atoms with van der Waals surface area (Å²) in [5.74, 6) is 0. The van der Waals surface area contributed by atoms with Gasteiger partial charge in [-0.2, -0.15) is 0 Å². The van der Waals surface area contributed by atoms with E-state index in [9.17, 15) is 4.79 Å². The molecule has 0 amide bonds. The van der Waals surface area contributed by atoms with E-state index in [4.69, 9.17) is 23.2 Å². The minimum Gasteiger partial charge on any atom is -0.279 e. The molecule has 0 radical (unpaired) electrons. The summed E-state index contributed by atoms with van der Waals surface area (Å²) in [5.41, 5.74) is 0. The lowest BCUT2D eigenvalue weighted by molar-refractivity contribution is -0.114. The fourth-order valence-electron chi connectivity index (χ4n) is 1.17. The van der Waals surface area contributed by atoms with Crippen LogP contribution in [0.5, 0.6) is 0 Å². The highest BCUT2D eigenvalue weighted by Crippen LogP contribution is 2.30. The molecule has 12 heavy (non-hydrogen) atoms. The molecule has 0 bridgehead atoms. The molecule has 0 aromatic rings. The Morgan fingerprint density at radius 2 is 1.83 bits per heavy atom. The molecular formula is C9H16Cl2O. The Kier molecular flexibility index (Phi) is 5.94. The third-order valence-electron chi connectivity index (χ3n) is 1.93. The van der Waals surface area contributed by atoms with E-state index >= 15 is 0 Å². The lowest BCUT2D eigenvalue weighted by Crippen LogP contribution is -2.28. The first kappa shape index (κ1) is 12.2. The molecule has 1 nitrogen and oxygen atoms in total. The molecule has 0 heterocycles. The van der Waals surface area contributed by atoms with Crippen molar-refractivity contribution in [3.63, 3.8) is 0 Å². The summed E-state index contributed by atoms with van der Waals surface area (Å²) in [5, 5.41) is -0.403. The highest BCUT2D eigenvalue weighted by atomic mass is 35.5. The SMILES string of the molecule is CCCCC(Cl)(CCC)C(=O)Cl.